The molecular formula is C44H56N4O3. The maximum absolute atomic E-state index is 5.64. The normalized spacial score (nSPS) is 10.8. The lowest BCUT2D eigenvalue weighted by atomic mass is 10.0. The third-order valence-corrected chi connectivity index (χ3v) is 8.48. The first-order valence-electron chi connectivity index (χ1n) is 18.7. The Kier molecular flexibility index (Phi) is 17.8. The summed E-state index contributed by atoms with van der Waals surface area (Å²) in [7, 11) is 0. The number of nitrogens with zero attached hydrogens (tertiary/aromatic N) is 4. The maximum Gasteiger partial charge on any atom is 0.159 e. The van der Waals surface area contributed by atoms with E-state index in [4.69, 9.17) is 14.2 Å². The van der Waals surface area contributed by atoms with E-state index in [-0.39, 0.29) is 0 Å². The van der Waals surface area contributed by atoms with Gasteiger partial charge < -0.3 is 14.2 Å². The zero-order valence-corrected chi connectivity index (χ0v) is 31.2. The molecule has 0 atom stereocenters. The molecule has 0 radical (unpaired) electrons. The highest BCUT2D eigenvalue weighted by atomic mass is 16.5. The summed E-state index contributed by atoms with van der Waals surface area (Å²) in [6.45, 7) is 11.5. The van der Waals surface area contributed by atoms with Gasteiger partial charge in [0.15, 0.2) is 17.4 Å². The van der Waals surface area contributed by atoms with Gasteiger partial charge in [-0.05, 0) is 55.4 Å². The van der Waals surface area contributed by atoms with Crippen LogP contribution in [0.5, 0.6) is 5.75 Å². The van der Waals surface area contributed by atoms with E-state index in [1.807, 2.05) is 31.5 Å². The van der Waals surface area contributed by atoms with Gasteiger partial charge in [-0.3, -0.25) is 0 Å². The summed E-state index contributed by atoms with van der Waals surface area (Å²) in [5.74, 6) is 2.13. The Morgan fingerprint density at radius 2 is 0.902 bits per heavy atom. The van der Waals surface area contributed by atoms with Crippen molar-refractivity contribution >= 4 is 0 Å². The Bertz CT molecular complexity index is 1620. The van der Waals surface area contributed by atoms with Crippen LogP contribution in [0.15, 0.2) is 97.6 Å². The number of hydrogen-bond acceptors (Lipinski definition) is 7. The third-order valence-electron chi connectivity index (χ3n) is 8.48. The van der Waals surface area contributed by atoms with Crippen LogP contribution in [0.3, 0.4) is 0 Å². The molecule has 3 aromatic carbocycles. The second-order valence-electron chi connectivity index (χ2n) is 12.9. The molecule has 0 amide bonds. The summed E-state index contributed by atoms with van der Waals surface area (Å²) >= 11 is 0. The van der Waals surface area contributed by atoms with Gasteiger partial charge in [-0.15, -0.1) is 0 Å². The number of ether oxygens (including phenoxy) is 3. The van der Waals surface area contributed by atoms with Crippen molar-refractivity contribution in [1.29, 1.82) is 0 Å². The predicted molar refractivity (Wildman–Crippen MR) is 209 cm³/mol. The molecule has 5 rings (SSSR count). The van der Waals surface area contributed by atoms with Crippen molar-refractivity contribution < 1.29 is 14.2 Å². The van der Waals surface area contributed by atoms with Gasteiger partial charge in [0.05, 0.1) is 32.2 Å². The van der Waals surface area contributed by atoms with E-state index < -0.39 is 0 Å². The maximum atomic E-state index is 5.64. The van der Waals surface area contributed by atoms with Crippen LogP contribution >= 0.6 is 0 Å². The minimum atomic E-state index is 0.461. The lowest BCUT2D eigenvalue weighted by Crippen LogP contribution is -2.11. The topological polar surface area (TPSA) is 79.3 Å². The lowest BCUT2D eigenvalue weighted by molar-refractivity contribution is 0.0355. The number of unbranched alkanes of at least 4 members (excludes halogenated alkanes) is 6. The lowest BCUT2D eigenvalue weighted by Gasteiger charge is -2.08. The van der Waals surface area contributed by atoms with Gasteiger partial charge in [0, 0.05) is 30.1 Å². The first kappa shape index (κ1) is 39.3. The molecule has 7 heteroatoms. The van der Waals surface area contributed by atoms with Gasteiger partial charge in [-0.2, -0.15) is 0 Å². The second-order valence-corrected chi connectivity index (χ2v) is 12.9. The Morgan fingerprint density at radius 3 is 1.51 bits per heavy atom. The average Bonchev–Trinajstić information content (AvgIpc) is 3.17. The largest absolute Gasteiger partial charge is 0.488 e. The Balaban J connectivity index is 0.000000244. The van der Waals surface area contributed by atoms with E-state index in [1.165, 1.54) is 67.2 Å². The Hall–Kier alpha value is -4.46. The van der Waals surface area contributed by atoms with Crippen molar-refractivity contribution in [2.45, 2.75) is 85.5 Å². The molecule has 270 valence electrons. The first-order chi connectivity index (χ1) is 25.1. The molecule has 0 spiro atoms. The Morgan fingerprint density at radius 1 is 0.431 bits per heavy atom. The summed E-state index contributed by atoms with van der Waals surface area (Å²) in [6.07, 6.45) is 18.7. The summed E-state index contributed by atoms with van der Waals surface area (Å²) in [6, 6.07) is 25.5. The van der Waals surface area contributed by atoms with Crippen LogP contribution in [0.2, 0.25) is 0 Å². The molecule has 0 aliphatic carbocycles. The molecule has 0 saturated carbocycles. The van der Waals surface area contributed by atoms with Crippen LogP contribution in [-0.4, -0.2) is 53.0 Å². The van der Waals surface area contributed by atoms with Crippen molar-refractivity contribution in [3.63, 3.8) is 0 Å². The standard InChI is InChI=1S/C25H30N2O3.C19H26N2/c1-3-4-13-28-14-15-29-16-17-30-24-18-26-25(27-19-24)23-11-9-22(10-12-23)21-7-5-20(2)6-8-21;1-3-4-5-6-7-8-9-17-10-12-18(13-11-17)19-20-14-16(2)15-21-19/h5-12,18-19H,3-4,13-17H2,1-2H3;10-15H,3-9H2,1-2H3. The van der Waals surface area contributed by atoms with Crippen molar-refractivity contribution in [3.05, 3.63) is 114 Å². The first-order valence-corrected chi connectivity index (χ1v) is 18.7. The third kappa shape index (κ3) is 14.7. The molecule has 2 aromatic heterocycles. The number of aromatic nitrogens is 4. The zero-order chi connectivity index (χ0) is 35.9. The van der Waals surface area contributed by atoms with Crippen molar-refractivity contribution in [2.24, 2.45) is 0 Å². The van der Waals surface area contributed by atoms with Crippen LogP contribution in [0.1, 0.15) is 81.9 Å². The highest BCUT2D eigenvalue weighted by molar-refractivity contribution is 5.67. The van der Waals surface area contributed by atoms with Crippen molar-refractivity contribution in [2.75, 3.05) is 33.0 Å². The molecule has 0 unspecified atom stereocenters. The molecule has 2 heterocycles. The minimum Gasteiger partial charge on any atom is -0.488 e. The molecule has 0 aliphatic heterocycles. The molecule has 51 heavy (non-hydrogen) atoms. The number of aryl methyl sites for hydroxylation is 3. The monoisotopic (exact) mass is 688 g/mol. The molecule has 7 nitrogen and oxygen atoms in total. The van der Waals surface area contributed by atoms with E-state index in [2.05, 4.69) is 101 Å². The van der Waals surface area contributed by atoms with Gasteiger partial charge in [0.1, 0.15) is 6.61 Å². The quantitative estimate of drug-likeness (QED) is 0.0753. The molecule has 0 fully saturated rings. The Labute approximate surface area is 305 Å². The highest BCUT2D eigenvalue weighted by Crippen LogP contribution is 2.24. The molecule has 0 aliphatic rings. The van der Waals surface area contributed by atoms with Gasteiger partial charge >= 0.3 is 0 Å². The average molecular weight is 689 g/mol. The highest BCUT2D eigenvalue weighted by Gasteiger charge is 2.05. The molecule has 0 bridgehead atoms. The minimum absolute atomic E-state index is 0.461. The second kappa shape index (κ2) is 23.1. The van der Waals surface area contributed by atoms with Gasteiger partial charge in [-0.1, -0.05) is 131 Å². The fourth-order valence-electron chi connectivity index (χ4n) is 5.36. The van der Waals surface area contributed by atoms with E-state index in [9.17, 15) is 0 Å². The summed E-state index contributed by atoms with van der Waals surface area (Å²) in [4.78, 5) is 17.6. The van der Waals surface area contributed by atoms with Crippen molar-refractivity contribution in [3.8, 4) is 39.7 Å². The van der Waals surface area contributed by atoms with E-state index >= 15 is 0 Å². The van der Waals surface area contributed by atoms with Crippen LogP contribution in [0.4, 0.5) is 0 Å². The molecular weight excluding hydrogens is 633 g/mol. The molecule has 5 aromatic rings. The van der Waals surface area contributed by atoms with Crippen molar-refractivity contribution in [1.82, 2.24) is 19.9 Å². The SMILES string of the molecule is CCCCCCCCc1ccc(-c2ncc(C)cn2)cc1.CCCCOCCOCCOc1cnc(-c2ccc(-c3ccc(C)cc3)cc2)nc1. The summed E-state index contributed by atoms with van der Waals surface area (Å²) in [5.41, 5.74) is 8.22. The van der Waals surface area contributed by atoms with Gasteiger partial charge in [-0.25, -0.2) is 19.9 Å². The predicted octanol–water partition coefficient (Wildman–Crippen LogP) is 10.7. The zero-order valence-electron chi connectivity index (χ0n) is 31.2. The van der Waals surface area contributed by atoms with E-state index in [0.29, 0.717) is 38.0 Å². The van der Waals surface area contributed by atoms with Crippen LogP contribution in [0.25, 0.3) is 33.9 Å². The summed E-state index contributed by atoms with van der Waals surface area (Å²) in [5, 5.41) is 0. The fourth-order valence-corrected chi connectivity index (χ4v) is 5.36. The summed E-state index contributed by atoms with van der Waals surface area (Å²) < 4.78 is 16.6. The number of rotatable bonds is 20. The number of benzene rings is 3. The van der Waals surface area contributed by atoms with Crippen LogP contribution in [0, 0.1) is 13.8 Å². The van der Waals surface area contributed by atoms with Crippen LogP contribution < -0.4 is 4.74 Å². The number of hydrogen-bond donors (Lipinski definition) is 0. The smallest absolute Gasteiger partial charge is 0.159 e. The van der Waals surface area contributed by atoms with Gasteiger partial charge in [0.2, 0.25) is 0 Å². The van der Waals surface area contributed by atoms with E-state index in [0.717, 1.165) is 42.0 Å². The molecule has 0 saturated heterocycles. The van der Waals surface area contributed by atoms with E-state index in [1.54, 1.807) is 12.4 Å². The fraction of sp³-hybridized carbons (Fsp3) is 0.409. The molecule has 0 N–H and O–H groups in total. The van der Waals surface area contributed by atoms with Gasteiger partial charge in [0.25, 0.3) is 0 Å². The van der Waals surface area contributed by atoms with Crippen LogP contribution in [-0.2, 0) is 15.9 Å².